The zero-order valence-electron chi connectivity index (χ0n) is 14.3. The van der Waals surface area contributed by atoms with Crippen molar-refractivity contribution in [1.82, 2.24) is 0 Å². The lowest BCUT2D eigenvalue weighted by atomic mass is 9.99. The first-order valence-corrected chi connectivity index (χ1v) is 8.96. The molecule has 1 aromatic rings. The van der Waals surface area contributed by atoms with Crippen LogP contribution in [0, 0.1) is 0 Å². The maximum atomic E-state index is 6.02. The summed E-state index contributed by atoms with van der Waals surface area (Å²) in [6.07, 6.45) is 11.2. The fourth-order valence-corrected chi connectivity index (χ4v) is 2.70. The van der Waals surface area contributed by atoms with Crippen molar-refractivity contribution in [2.45, 2.75) is 76.8 Å². The monoisotopic (exact) mass is 305 g/mol. The molecule has 126 valence electrons. The first-order chi connectivity index (χ1) is 10.7. The third kappa shape index (κ3) is 7.92. The Bertz CT molecular complexity index is 375. The number of rotatable bonds is 12. The zero-order valence-corrected chi connectivity index (χ0v) is 14.3. The van der Waals surface area contributed by atoms with E-state index in [2.05, 4.69) is 31.2 Å². The first kappa shape index (κ1) is 19.1. The summed E-state index contributed by atoms with van der Waals surface area (Å²) in [4.78, 5) is 0. The number of unbranched alkanes of at least 4 members (excludes halogenated alkanes) is 5. The van der Waals surface area contributed by atoms with Gasteiger partial charge in [-0.25, -0.2) is 0 Å². The lowest BCUT2D eigenvalue weighted by Gasteiger charge is -2.17. The van der Waals surface area contributed by atoms with Gasteiger partial charge in [0.2, 0.25) is 0 Å². The molecule has 3 heteroatoms. The van der Waals surface area contributed by atoms with E-state index in [1.807, 2.05) is 0 Å². The fourth-order valence-electron chi connectivity index (χ4n) is 2.70. The minimum Gasteiger partial charge on any atom is -0.329 e. The van der Waals surface area contributed by atoms with Gasteiger partial charge in [-0.3, -0.25) is 0 Å². The third-order valence-corrected chi connectivity index (χ3v) is 4.43. The van der Waals surface area contributed by atoms with Gasteiger partial charge in [0, 0.05) is 18.6 Å². The SMILES string of the molecule is CCCCCCCCc1ccc(CCC(N)C(N)CN)cc1. The number of nitrogens with two attached hydrogens (primary N) is 3. The molecule has 3 nitrogen and oxygen atoms in total. The molecule has 0 aliphatic carbocycles. The molecule has 0 saturated carbocycles. The minimum atomic E-state index is -0.0908. The van der Waals surface area contributed by atoms with E-state index in [-0.39, 0.29) is 12.1 Å². The summed E-state index contributed by atoms with van der Waals surface area (Å²) in [6.45, 7) is 2.72. The molecule has 0 heterocycles. The predicted octanol–water partition coefficient (Wildman–Crippen LogP) is 3.14. The van der Waals surface area contributed by atoms with Crippen LogP contribution in [0.1, 0.15) is 63.0 Å². The van der Waals surface area contributed by atoms with E-state index < -0.39 is 0 Å². The predicted molar refractivity (Wildman–Crippen MR) is 96.8 cm³/mol. The Hall–Kier alpha value is -0.900. The highest BCUT2D eigenvalue weighted by Crippen LogP contribution is 2.12. The summed E-state index contributed by atoms with van der Waals surface area (Å²) < 4.78 is 0. The summed E-state index contributed by atoms with van der Waals surface area (Å²) >= 11 is 0. The van der Waals surface area contributed by atoms with E-state index in [0.717, 1.165) is 12.8 Å². The topological polar surface area (TPSA) is 78.1 Å². The molecular formula is C19H35N3. The average molecular weight is 306 g/mol. The van der Waals surface area contributed by atoms with Gasteiger partial charge in [0.25, 0.3) is 0 Å². The van der Waals surface area contributed by atoms with E-state index in [1.165, 1.54) is 56.1 Å². The zero-order chi connectivity index (χ0) is 16.2. The molecule has 0 aliphatic rings. The first-order valence-electron chi connectivity index (χ1n) is 8.96. The average Bonchev–Trinajstić information content (AvgIpc) is 2.56. The number of aryl methyl sites for hydroxylation is 2. The van der Waals surface area contributed by atoms with Gasteiger partial charge in [-0.1, -0.05) is 63.3 Å². The Labute approximate surface area is 136 Å². The van der Waals surface area contributed by atoms with Gasteiger partial charge in [0.15, 0.2) is 0 Å². The van der Waals surface area contributed by atoms with Crippen molar-refractivity contribution in [2.24, 2.45) is 17.2 Å². The van der Waals surface area contributed by atoms with Gasteiger partial charge >= 0.3 is 0 Å². The maximum Gasteiger partial charge on any atom is 0.0317 e. The van der Waals surface area contributed by atoms with Crippen LogP contribution >= 0.6 is 0 Å². The summed E-state index contributed by atoms with van der Waals surface area (Å²) in [5.74, 6) is 0. The molecule has 1 aromatic carbocycles. The Kier molecular flexibility index (Phi) is 10.1. The highest BCUT2D eigenvalue weighted by molar-refractivity contribution is 5.22. The molecule has 2 atom stereocenters. The molecule has 22 heavy (non-hydrogen) atoms. The second-order valence-corrected chi connectivity index (χ2v) is 6.44. The van der Waals surface area contributed by atoms with Gasteiger partial charge in [0.05, 0.1) is 0 Å². The second-order valence-electron chi connectivity index (χ2n) is 6.44. The van der Waals surface area contributed by atoms with Gasteiger partial charge in [0.1, 0.15) is 0 Å². The van der Waals surface area contributed by atoms with Crippen LogP contribution in [0.5, 0.6) is 0 Å². The van der Waals surface area contributed by atoms with Crippen LogP contribution < -0.4 is 17.2 Å². The van der Waals surface area contributed by atoms with Crippen LogP contribution in [0.3, 0.4) is 0 Å². The van der Waals surface area contributed by atoms with Crippen LogP contribution in [0.2, 0.25) is 0 Å². The lowest BCUT2D eigenvalue weighted by Crippen LogP contribution is -2.46. The molecule has 0 saturated heterocycles. The molecule has 0 fully saturated rings. The van der Waals surface area contributed by atoms with E-state index in [0.29, 0.717) is 6.54 Å². The van der Waals surface area contributed by atoms with Gasteiger partial charge in [-0.05, 0) is 36.8 Å². The largest absolute Gasteiger partial charge is 0.329 e. The molecule has 0 spiro atoms. The highest BCUT2D eigenvalue weighted by Gasteiger charge is 2.10. The van der Waals surface area contributed by atoms with Gasteiger partial charge in [-0.2, -0.15) is 0 Å². The highest BCUT2D eigenvalue weighted by atomic mass is 14.8. The fraction of sp³-hybridized carbons (Fsp3) is 0.684. The summed E-state index contributed by atoms with van der Waals surface area (Å²) in [6, 6.07) is 8.88. The normalized spacial score (nSPS) is 14.0. The molecule has 6 N–H and O–H groups in total. The van der Waals surface area contributed by atoms with E-state index in [4.69, 9.17) is 17.2 Å². The Balaban J connectivity index is 2.22. The van der Waals surface area contributed by atoms with Crippen molar-refractivity contribution in [2.75, 3.05) is 6.54 Å². The number of hydrogen-bond donors (Lipinski definition) is 3. The maximum absolute atomic E-state index is 6.02. The van der Waals surface area contributed by atoms with E-state index >= 15 is 0 Å². The molecule has 0 amide bonds. The van der Waals surface area contributed by atoms with Crippen molar-refractivity contribution in [3.63, 3.8) is 0 Å². The van der Waals surface area contributed by atoms with Crippen LogP contribution in [-0.4, -0.2) is 18.6 Å². The smallest absolute Gasteiger partial charge is 0.0317 e. The Morgan fingerprint density at radius 3 is 1.91 bits per heavy atom. The standard InChI is InChI=1S/C19H35N3/c1-2-3-4-5-6-7-8-16-9-11-17(12-10-16)13-14-18(21)19(22)15-20/h9-12,18-19H,2-8,13-15,20-22H2,1H3. The molecule has 0 aliphatic heterocycles. The Morgan fingerprint density at radius 2 is 1.32 bits per heavy atom. The van der Waals surface area contributed by atoms with Crippen molar-refractivity contribution in [3.8, 4) is 0 Å². The van der Waals surface area contributed by atoms with Gasteiger partial charge < -0.3 is 17.2 Å². The van der Waals surface area contributed by atoms with Crippen LogP contribution in [0.4, 0.5) is 0 Å². The quantitative estimate of drug-likeness (QED) is 0.519. The van der Waals surface area contributed by atoms with Crippen molar-refractivity contribution >= 4 is 0 Å². The van der Waals surface area contributed by atoms with Crippen molar-refractivity contribution in [3.05, 3.63) is 35.4 Å². The molecule has 1 rings (SSSR count). The Morgan fingerprint density at radius 1 is 0.773 bits per heavy atom. The van der Waals surface area contributed by atoms with E-state index in [9.17, 15) is 0 Å². The number of hydrogen-bond acceptors (Lipinski definition) is 3. The summed E-state index contributed by atoms with van der Waals surface area (Å²) in [5, 5.41) is 0. The minimum absolute atomic E-state index is 0.00667. The molecular weight excluding hydrogens is 270 g/mol. The number of benzene rings is 1. The summed E-state index contributed by atoms with van der Waals surface area (Å²) in [5.41, 5.74) is 20.2. The van der Waals surface area contributed by atoms with Crippen molar-refractivity contribution in [1.29, 1.82) is 0 Å². The summed E-state index contributed by atoms with van der Waals surface area (Å²) in [7, 11) is 0. The van der Waals surface area contributed by atoms with Crippen LogP contribution in [-0.2, 0) is 12.8 Å². The van der Waals surface area contributed by atoms with Crippen molar-refractivity contribution < 1.29 is 0 Å². The third-order valence-electron chi connectivity index (χ3n) is 4.43. The molecule has 0 bridgehead atoms. The van der Waals surface area contributed by atoms with E-state index in [1.54, 1.807) is 0 Å². The van der Waals surface area contributed by atoms with Crippen LogP contribution in [0.25, 0.3) is 0 Å². The van der Waals surface area contributed by atoms with Crippen LogP contribution in [0.15, 0.2) is 24.3 Å². The van der Waals surface area contributed by atoms with Gasteiger partial charge in [-0.15, -0.1) is 0 Å². The molecule has 0 aromatic heterocycles. The second kappa shape index (κ2) is 11.6. The molecule has 0 radical (unpaired) electrons. The molecule has 2 unspecified atom stereocenters. The lowest BCUT2D eigenvalue weighted by molar-refractivity contribution is 0.501.